The largest absolute Gasteiger partial charge is 0.504 e. The van der Waals surface area contributed by atoms with Gasteiger partial charge in [-0.3, -0.25) is 19.2 Å². The van der Waals surface area contributed by atoms with Gasteiger partial charge in [-0.2, -0.15) is 0 Å². The third-order valence-electron chi connectivity index (χ3n) is 9.12. The van der Waals surface area contributed by atoms with Crippen LogP contribution >= 0.6 is 11.6 Å². The van der Waals surface area contributed by atoms with Crippen molar-refractivity contribution < 1.29 is 106 Å². The second-order valence-electron chi connectivity index (χ2n) is 12.4. The molecule has 56 heavy (non-hydrogen) atoms. The quantitative estimate of drug-likeness (QED) is 0.0576. The molecule has 21 nitrogen and oxygen atoms in total. The maximum Gasteiger partial charge on any atom is 0.272 e. The molecule has 1 heterocycles. The highest BCUT2D eigenvalue weighted by molar-refractivity contribution is 6.23. The van der Waals surface area contributed by atoms with Gasteiger partial charge >= 0.3 is 0 Å². The van der Waals surface area contributed by atoms with Gasteiger partial charge in [-0.1, -0.05) is 0 Å². The number of aliphatic hydroxyl groups is 4. The Labute approximate surface area is 314 Å². The molecule has 0 aliphatic carbocycles. The van der Waals surface area contributed by atoms with Crippen LogP contribution in [0, 0.1) is 0 Å². The Balaban J connectivity index is 2.01. The van der Waals surface area contributed by atoms with Crippen LogP contribution in [0.5, 0.6) is 69.0 Å². The fraction of sp³-hybridized carbons (Fsp3) is 0.176. The summed E-state index contributed by atoms with van der Waals surface area (Å²) in [6.45, 7) is 0. The summed E-state index contributed by atoms with van der Waals surface area (Å²) >= 11 is 6.02. The lowest BCUT2D eigenvalue weighted by Crippen LogP contribution is -2.91. The summed E-state index contributed by atoms with van der Waals surface area (Å²) in [5.41, 5.74) is -19.7. The predicted molar refractivity (Wildman–Crippen MR) is 178 cm³/mol. The van der Waals surface area contributed by atoms with Crippen molar-refractivity contribution in [1.29, 1.82) is 0 Å². The lowest BCUT2D eigenvalue weighted by atomic mass is 9.55. The first-order chi connectivity index (χ1) is 25.8. The molecule has 5 atom stereocenters. The van der Waals surface area contributed by atoms with Crippen molar-refractivity contribution in [3.63, 3.8) is 0 Å². The molecule has 1 saturated heterocycles. The second-order valence-corrected chi connectivity index (χ2v) is 12.7. The molecule has 1 fully saturated rings. The summed E-state index contributed by atoms with van der Waals surface area (Å²) in [6.07, 6.45) is -2.98. The van der Waals surface area contributed by atoms with Crippen LogP contribution in [0.2, 0.25) is 0 Å². The van der Waals surface area contributed by atoms with E-state index in [1.165, 1.54) is 0 Å². The van der Waals surface area contributed by atoms with E-state index in [9.17, 15) is 101 Å². The third kappa shape index (κ3) is 5.37. The van der Waals surface area contributed by atoms with E-state index < -0.39 is 149 Å². The lowest BCUT2D eigenvalue weighted by Gasteiger charge is -2.60. The maximum atomic E-state index is 14.8. The van der Waals surface area contributed by atoms with E-state index in [-0.39, 0.29) is 48.5 Å². The molecular weight excluding hydrogens is 780 g/mol. The van der Waals surface area contributed by atoms with E-state index in [1.54, 1.807) is 0 Å². The summed E-state index contributed by atoms with van der Waals surface area (Å²) in [5, 5.41) is 172. The normalized spacial score (nSPS) is 24.7. The molecule has 0 amide bonds. The van der Waals surface area contributed by atoms with Crippen LogP contribution < -0.4 is 0 Å². The summed E-state index contributed by atoms with van der Waals surface area (Å²) < 4.78 is 5.29. The highest BCUT2D eigenvalue weighted by Gasteiger charge is 2.86. The van der Waals surface area contributed by atoms with E-state index in [0.29, 0.717) is 0 Å². The minimum Gasteiger partial charge on any atom is -0.504 e. The van der Waals surface area contributed by atoms with E-state index in [0.717, 1.165) is 0 Å². The van der Waals surface area contributed by atoms with Crippen molar-refractivity contribution in [2.75, 3.05) is 5.88 Å². The second kappa shape index (κ2) is 13.2. The Morgan fingerprint density at radius 3 is 0.982 bits per heavy atom. The zero-order valence-corrected chi connectivity index (χ0v) is 28.2. The number of rotatable bonds is 9. The number of aromatic hydroxyl groups is 12. The molecule has 5 rings (SSSR count). The zero-order chi connectivity index (χ0) is 42.2. The number of hydrogen-bond acceptors (Lipinski definition) is 21. The predicted octanol–water partition coefficient (Wildman–Crippen LogP) is -0.495. The Hall–Kier alpha value is -6.75. The van der Waals surface area contributed by atoms with Gasteiger partial charge in [0.15, 0.2) is 74.6 Å². The molecule has 1 unspecified atom stereocenters. The number of phenols is 12. The fourth-order valence-corrected chi connectivity index (χ4v) is 6.52. The van der Waals surface area contributed by atoms with Crippen LogP contribution in [-0.4, -0.2) is 139 Å². The first-order valence-electron chi connectivity index (χ1n) is 15.2. The number of carbonyl (C=O) groups excluding carboxylic acids is 4. The van der Waals surface area contributed by atoms with Gasteiger partial charge in [-0.05, 0) is 48.5 Å². The maximum absolute atomic E-state index is 14.8. The number of halogens is 1. The van der Waals surface area contributed by atoms with Crippen molar-refractivity contribution in [3.05, 3.63) is 70.8 Å². The van der Waals surface area contributed by atoms with Crippen LogP contribution in [0.3, 0.4) is 0 Å². The molecule has 0 spiro atoms. The standard InChI is InChI=1S/C34H27ClO21/c35-9-22-31(52,27(48)10-1-14(36)23(44)15(37)2-10)32(53,28(49)11-3-16(38)24(45)17(39)4-11)33(54,29(50)12-5-18(40)25(46)19(41)6-12)34(55,56-22)30(51)13-7-20(42)26(47)21(43)8-13/h1-8,22,36-47,52-55H,9H2/t22-,31+,32+,33-,34?/m1/s1. The van der Waals surface area contributed by atoms with E-state index in [2.05, 4.69) is 0 Å². The number of benzene rings is 4. The van der Waals surface area contributed by atoms with E-state index in [1.807, 2.05) is 0 Å². The lowest BCUT2D eigenvalue weighted by molar-refractivity contribution is -0.371. The highest BCUT2D eigenvalue weighted by atomic mass is 35.5. The number of alkyl halides is 1. The van der Waals surface area contributed by atoms with Crippen LogP contribution in [0.25, 0.3) is 0 Å². The highest BCUT2D eigenvalue weighted by Crippen LogP contribution is 2.56. The minimum absolute atomic E-state index is 0.187. The Morgan fingerprint density at radius 2 is 0.696 bits per heavy atom. The first-order valence-corrected chi connectivity index (χ1v) is 15.7. The molecule has 22 heteroatoms. The summed E-state index contributed by atoms with van der Waals surface area (Å²) in [4.78, 5) is 58.3. The van der Waals surface area contributed by atoms with Crippen molar-refractivity contribution in [2.24, 2.45) is 0 Å². The summed E-state index contributed by atoms with van der Waals surface area (Å²) in [6, 6.07) is 1.87. The molecule has 0 aromatic heterocycles. The molecule has 4 aromatic carbocycles. The Morgan fingerprint density at radius 1 is 0.446 bits per heavy atom. The van der Waals surface area contributed by atoms with E-state index in [4.69, 9.17) is 16.3 Å². The Bertz CT molecular complexity index is 2290. The topological polar surface area (TPSA) is 401 Å². The number of ketones is 4. The number of Topliss-reactive ketones (excluding diaryl/α,β-unsaturated/α-hetero) is 4. The van der Waals surface area contributed by atoms with Crippen molar-refractivity contribution >= 4 is 34.7 Å². The van der Waals surface area contributed by atoms with Crippen LogP contribution in [0.4, 0.5) is 0 Å². The van der Waals surface area contributed by atoms with Crippen molar-refractivity contribution in [2.45, 2.75) is 28.7 Å². The molecule has 0 saturated carbocycles. The molecule has 1 aliphatic heterocycles. The van der Waals surface area contributed by atoms with Crippen LogP contribution in [-0.2, 0) is 4.74 Å². The number of phenolic OH excluding ortho intramolecular Hbond substituents is 12. The SMILES string of the molecule is O=C(c1cc(O)c(O)c(O)c1)C1(O)O[C@H](CCl)[C@](O)(C(=O)c2cc(O)c(O)c(O)c2)[C@@](O)(C(=O)c2cc(O)c(O)c(O)c2)[C@]1(O)C(=O)c1cc(O)c(O)c(O)c1. The van der Waals surface area contributed by atoms with Gasteiger partial charge in [-0.15, -0.1) is 11.6 Å². The minimum atomic E-state index is -5.05. The molecule has 16 N–H and O–H groups in total. The number of hydrogen-bond donors (Lipinski definition) is 16. The first kappa shape index (κ1) is 40.4. The van der Waals surface area contributed by atoms with Gasteiger partial charge in [0.1, 0.15) is 6.10 Å². The number of carbonyl (C=O) groups is 4. The van der Waals surface area contributed by atoms with Gasteiger partial charge in [-0.25, -0.2) is 0 Å². The number of ether oxygens (including phenoxy) is 1. The average Bonchev–Trinajstić information content (AvgIpc) is 3.15. The van der Waals surface area contributed by atoms with E-state index >= 15 is 0 Å². The molecule has 4 aromatic rings. The van der Waals surface area contributed by atoms with Crippen LogP contribution in [0.15, 0.2) is 48.5 Å². The van der Waals surface area contributed by atoms with Gasteiger partial charge in [0.05, 0.1) is 5.88 Å². The van der Waals surface area contributed by atoms with Gasteiger partial charge in [0.2, 0.25) is 34.3 Å². The molecule has 1 aliphatic rings. The van der Waals surface area contributed by atoms with Gasteiger partial charge < -0.3 is 86.4 Å². The zero-order valence-electron chi connectivity index (χ0n) is 27.5. The van der Waals surface area contributed by atoms with Crippen molar-refractivity contribution in [1.82, 2.24) is 0 Å². The van der Waals surface area contributed by atoms with Gasteiger partial charge in [0.25, 0.3) is 5.79 Å². The fourth-order valence-electron chi connectivity index (χ4n) is 6.23. The summed E-state index contributed by atoms with van der Waals surface area (Å²) in [7, 11) is 0. The molecule has 0 radical (unpaired) electrons. The Kier molecular flexibility index (Phi) is 9.55. The molecular formula is C34H27ClO21. The molecule has 296 valence electrons. The summed E-state index contributed by atoms with van der Waals surface area (Å²) in [5.74, 6) is -31.7. The average molecular weight is 807 g/mol. The molecule has 0 bridgehead atoms. The third-order valence-corrected chi connectivity index (χ3v) is 9.40. The smallest absolute Gasteiger partial charge is 0.272 e. The van der Waals surface area contributed by atoms with Gasteiger partial charge in [0, 0.05) is 22.3 Å². The van der Waals surface area contributed by atoms with Crippen molar-refractivity contribution in [3.8, 4) is 69.0 Å². The van der Waals surface area contributed by atoms with Crippen LogP contribution in [0.1, 0.15) is 41.4 Å². The monoisotopic (exact) mass is 806 g/mol.